The first-order valence-corrected chi connectivity index (χ1v) is 5.38. The van der Waals surface area contributed by atoms with E-state index in [1.807, 2.05) is 6.20 Å². The summed E-state index contributed by atoms with van der Waals surface area (Å²) in [6.07, 6.45) is 5.49. The Balaban J connectivity index is 2.22. The lowest BCUT2D eigenvalue weighted by molar-refractivity contribution is 0.492. The second kappa shape index (κ2) is 3.95. The first-order valence-electron chi connectivity index (χ1n) is 5.38. The number of rotatable bonds is 2. The molecule has 3 heteroatoms. The van der Waals surface area contributed by atoms with Gasteiger partial charge < -0.3 is 5.32 Å². The van der Waals surface area contributed by atoms with Gasteiger partial charge in [-0.2, -0.15) is 0 Å². The number of nitrogens with zero attached hydrogens (tertiary/aromatic N) is 2. The number of nitrogens with one attached hydrogen (secondary N) is 1. The van der Waals surface area contributed by atoms with Crippen LogP contribution < -0.4 is 5.32 Å². The average molecular weight is 191 g/mol. The van der Waals surface area contributed by atoms with Crippen molar-refractivity contribution in [3.63, 3.8) is 0 Å². The fraction of sp³-hybridized carbons (Fsp3) is 0.636. The van der Waals surface area contributed by atoms with Crippen LogP contribution in [-0.2, 0) is 12.8 Å². The highest BCUT2D eigenvalue weighted by Gasteiger charge is 2.16. The van der Waals surface area contributed by atoms with E-state index in [-0.39, 0.29) is 0 Å². The highest BCUT2D eigenvalue weighted by Crippen LogP contribution is 2.23. The van der Waals surface area contributed by atoms with Crippen LogP contribution in [0.1, 0.15) is 31.5 Å². The third-order valence-electron chi connectivity index (χ3n) is 2.73. The third-order valence-corrected chi connectivity index (χ3v) is 2.73. The molecular formula is C11H17N3. The maximum absolute atomic E-state index is 4.52. The lowest BCUT2D eigenvalue weighted by atomic mass is 9.89. The quantitative estimate of drug-likeness (QED) is 0.777. The molecule has 0 amide bonds. The Morgan fingerprint density at radius 3 is 3.21 bits per heavy atom. The lowest BCUT2D eigenvalue weighted by Gasteiger charge is -2.20. The zero-order valence-corrected chi connectivity index (χ0v) is 8.88. The summed E-state index contributed by atoms with van der Waals surface area (Å²) in [6, 6.07) is 0. The predicted octanol–water partition coefficient (Wildman–Crippen LogP) is 2.03. The van der Waals surface area contributed by atoms with Crippen molar-refractivity contribution >= 4 is 5.95 Å². The highest BCUT2D eigenvalue weighted by atomic mass is 15.1. The fourth-order valence-corrected chi connectivity index (χ4v) is 1.93. The molecule has 1 aliphatic carbocycles. The van der Waals surface area contributed by atoms with Crippen molar-refractivity contribution < 1.29 is 0 Å². The summed E-state index contributed by atoms with van der Waals surface area (Å²) in [5, 5.41) is 3.15. The summed E-state index contributed by atoms with van der Waals surface area (Å²) in [4.78, 5) is 8.81. The van der Waals surface area contributed by atoms with E-state index in [0.717, 1.165) is 31.3 Å². The minimum Gasteiger partial charge on any atom is -0.354 e. The van der Waals surface area contributed by atoms with Gasteiger partial charge in [-0.25, -0.2) is 9.97 Å². The van der Waals surface area contributed by atoms with E-state index in [2.05, 4.69) is 29.1 Å². The van der Waals surface area contributed by atoms with Crippen molar-refractivity contribution in [3.05, 3.63) is 17.5 Å². The summed E-state index contributed by atoms with van der Waals surface area (Å²) in [5.74, 6) is 1.57. The van der Waals surface area contributed by atoms with Crippen molar-refractivity contribution in [2.24, 2.45) is 5.92 Å². The molecule has 0 saturated heterocycles. The van der Waals surface area contributed by atoms with Crippen molar-refractivity contribution in [2.45, 2.75) is 33.1 Å². The number of hydrogen-bond donors (Lipinski definition) is 1. The molecule has 1 aromatic heterocycles. The first kappa shape index (κ1) is 9.44. The first-order chi connectivity index (χ1) is 6.79. The molecule has 0 fully saturated rings. The minimum atomic E-state index is 0.779. The van der Waals surface area contributed by atoms with Crippen LogP contribution in [-0.4, -0.2) is 16.5 Å². The molecule has 1 atom stereocenters. The van der Waals surface area contributed by atoms with E-state index >= 15 is 0 Å². The molecule has 14 heavy (non-hydrogen) atoms. The van der Waals surface area contributed by atoms with Gasteiger partial charge in [-0.15, -0.1) is 0 Å². The van der Waals surface area contributed by atoms with Crippen molar-refractivity contribution in [1.82, 2.24) is 9.97 Å². The summed E-state index contributed by atoms with van der Waals surface area (Å²) >= 11 is 0. The predicted molar refractivity (Wildman–Crippen MR) is 57.4 cm³/mol. The van der Waals surface area contributed by atoms with Crippen LogP contribution in [0.2, 0.25) is 0 Å². The summed E-state index contributed by atoms with van der Waals surface area (Å²) < 4.78 is 0. The Labute approximate surface area is 85.0 Å². The van der Waals surface area contributed by atoms with Gasteiger partial charge in [-0.3, -0.25) is 0 Å². The molecule has 0 saturated carbocycles. The molecule has 0 aliphatic heterocycles. The van der Waals surface area contributed by atoms with E-state index in [1.54, 1.807) is 0 Å². The van der Waals surface area contributed by atoms with Gasteiger partial charge in [-0.05, 0) is 37.7 Å². The second-order valence-corrected chi connectivity index (χ2v) is 4.04. The summed E-state index contributed by atoms with van der Waals surface area (Å²) in [6.45, 7) is 5.24. The lowest BCUT2D eigenvalue weighted by Crippen LogP contribution is -2.15. The molecule has 1 aliphatic rings. The summed E-state index contributed by atoms with van der Waals surface area (Å²) in [7, 11) is 0. The van der Waals surface area contributed by atoms with Gasteiger partial charge in [0, 0.05) is 18.4 Å². The van der Waals surface area contributed by atoms with Crippen molar-refractivity contribution in [1.29, 1.82) is 0 Å². The van der Waals surface area contributed by atoms with E-state index < -0.39 is 0 Å². The Hall–Kier alpha value is -1.12. The normalized spacial score (nSPS) is 20.3. The van der Waals surface area contributed by atoms with E-state index in [9.17, 15) is 0 Å². The van der Waals surface area contributed by atoms with Gasteiger partial charge >= 0.3 is 0 Å². The SMILES string of the molecule is CCNc1ncc2c(n1)CCC(C)C2. The molecule has 0 aromatic carbocycles. The smallest absolute Gasteiger partial charge is 0.222 e. The van der Waals surface area contributed by atoms with Crippen LogP contribution in [0, 0.1) is 5.92 Å². The van der Waals surface area contributed by atoms with E-state index in [4.69, 9.17) is 0 Å². The molecule has 1 unspecified atom stereocenters. The second-order valence-electron chi connectivity index (χ2n) is 4.04. The van der Waals surface area contributed by atoms with Gasteiger partial charge in [0.25, 0.3) is 0 Å². The molecular weight excluding hydrogens is 174 g/mol. The van der Waals surface area contributed by atoms with Gasteiger partial charge in [0.15, 0.2) is 0 Å². The number of aromatic nitrogens is 2. The fourth-order valence-electron chi connectivity index (χ4n) is 1.93. The highest BCUT2D eigenvalue weighted by molar-refractivity contribution is 5.30. The standard InChI is InChI=1S/C11H17N3/c1-3-12-11-13-7-9-6-8(2)4-5-10(9)14-11/h7-8H,3-6H2,1-2H3,(H,12,13,14). The maximum Gasteiger partial charge on any atom is 0.222 e. The zero-order valence-electron chi connectivity index (χ0n) is 8.88. The van der Waals surface area contributed by atoms with Crippen molar-refractivity contribution in [3.8, 4) is 0 Å². The van der Waals surface area contributed by atoms with Gasteiger partial charge in [0.2, 0.25) is 5.95 Å². The molecule has 1 N–H and O–H groups in total. The molecule has 1 heterocycles. The van der Waals surface area contributed by atoms with Crippen LogP contribution in [0.25, 0.3) is 0 Å². The number of anilines is 1. The van der Waals surface area contributed by atoms with Crippen LogP contribution >= 0.6 is 0 Å². The maximum atomic E-state index is 4.52. The van der Waals surface area contributed by atoms with Crippen LogP contribution in [0.15, 0.2) is 6.20 Å². The van der Waals surface area contributed by atoms with Crippen molar-refractivity contribution in [2.75, 3.05) is 11.9 Å². The molecule has 3 nitrogen and oxygen atoms in total. The Bertz CT molecular complexity index is 322. The van der Waals surface area contributed by atoms with Gasteiger partial charge in [0.05, 0.1) is 0 Å². The number of hydrogen-bond acceptors (Lipinski definition) is 3. The Kier molecular flexibility index (Phi) is 2.66. The Morgan fingerprint density at radius 1 is 1.57 bits per heavy atom. The van der Waals surface area contributed by atoms with Crippen LogP contribution in [0.4, 0.5) is 5.95 Å². The molecule has 0 spiro atoms. The topological polar surface area (TPSA) is 37.8 Å². The molecule has 2 rings (SSSR count). The zero-order chi connectivity index (χ0) is 9.97. The van der Waals surface area contributed by atoms with E-state index in [0.29, 0.717) is 0 Å². The minimum absolute atomic E-state index is 0.779. The monoisotopic (exact) mass is 191 g/mol. The van der Waals surface area contributed by atoms with Gasteiger partial charge in [-0.1, -0.05) is 6.92 Å². The average Bonchev–Trinajstić information content (AvgIpc) is 2.19. The molecule has 1 aromatic rings. The number of aryl methyl sites for hydroxylation is 1. The van der Waals surface area contributed by atoms with E-state index in [1.165, 1.54) is 17.7 Å². The third kappa shape index (κ3) is 1.86. The number of fused-ring (bicyclic) bond motifs is 1. The van der Waals surface area contributed by atoms with Crippen LogP contribution in [0.3, 0.4) is 0 Å². The van der Waals surface area contributed by atoms with Gasteiger partial charge in [0.1, 0.15) is 0 Å². The Morgan fingerprint density at radius 2 is 2.43 bits per heavy atom. The molecule has 76 valence electrons. The molecule has 0 bridgehead atoms. The largest absolute Gasteiger partial charge is 0.354 e. The summed E-state index contributed by atoms with van der Waals surface area (Å²) in [5.41, 5.74) is 2.58. The molecule has 0 radical (unpaired) electrons. The van der Waals surface area contributed by atoms with Crippen LogP contribution in [0.5, 0.6) is 0 Å².